The van der Waals surface area contributed by atoms with Gasteiger partial charge in [-0.25, -0.2) is 0 Å². The van der Waals surface area contributed by atoms with Gasteiger partial charge in [-0.2, -0.15) is 0 Å². The fraction of sp³-hybridized carbons (Fsp3) is 0.571. The Morgan fingerprint density at radius 3 is 2.50 bits per heavy atom. The van der Waals surface area contributed by atoms with Crippen LogP contribution < -0.4 is 10.5 Å². The fourth-order valence-corrected chi connectivity index (χ4v) is 1.99. The van der Waals surface area contributed by atoms with E-state index in [4.69, 9.17) is 22.1 Å². The highest BCUT2D eigenvalue weighted by atomic mass is 35.5. The number of hydrogen-bond donors (Lipinski definition) is 1. The maximum absolute atomic E-state index is 6.16. The molecule has 1 aromatic rings. The minimum absolute atomic E-state index is 0.00720. The number of hydrogen-bond acceptors (Lipinski definition) is 3. The van der Waals surface area contributed by atoms with Crippen molar-refractivity contribution in [2.24, 2.45) is 5.73 Å². The molecule has 1 aromatic carbocycles. The smallest absolute Gasteiger partial charge is 0.137 e. The SMILES string of the molecule is CCN(CC)CCOc1ccc([C@H](C)N)cc1Cl. The molecule has 0 heterocycles. The first-order valence-corrected chi connectivity index (χ1v) is 6.86. The molecule has 1 rings (SSSR count). The first-order chi connectivity index (χ1) is 8.58. The topological polar surface area (TPSA) is 38.5 Å². The normalized spacial score (nSPS) is 12.8. The number of rotatable bonds is 7. The van der Waals surface area contributed by atoms with Gasteiger partial charge in [0.05, 0.1) is 5.02 Å². The van der Waals surface area contributed by atoms with Crippen LogP contribution >= 0.6 is 11.6 Å². The van der Waals surface area contributed by atoms with Gasteiger partial charge in [-0.3, -0.25) is 0 Å². The highest BCUT2D eigenvalue weighted by Crippen LogP contribution is 2.27. The van der Waals surface area contributed by atoms with Gasteiger partial charge in [-0.1, -0.05) is 31.5 Å². The molecule has 0 spiro atoms. The maximum Gasteiger partial charge on any atom is 0.137 e. The first-order valence-electron chi connectivity index (χ1n) is 6.48. The molecule has 4 heteroatoms. The lowest BCUT2D eigenvalue weighted by atomic mass is 10.1. The summed E-state index contributed by atoms with van der Waals surface area (Å²) in [6.45, 7) is 9.88. The van der Waals surface area contributed by atoms with Crippen LogP contribution in [0.2, 0.25) is 5.02 Å². The molecule has 1 atom stereocenters. The number of halogens is 1. The minimum atomic E-state index is -0.00720. The van der Waals surface area contributed by atoms with Gasteiger partial charge in [0, 0.05) is 12.6 Å². The van der Waals surface area contributed by atoms with Gasteiger partial charge in [-0.15, -0.1) is 0 Å². The summed E-state index contributed by atoms with van der Waals surface area (Å²) < 4.78 is 5.69. The lowest BCUT2D eigenvalue weighted by Crippen LogP contribution is -2.27. The molecule has 0 unspecified atom stereocenters. The van der Waals surface area contributed by atoms with Gasteiger partial charge in [0.1, 0.15) is 12.4 Å². The number of nitrogens with zero attached hydrogens (tertiary/aromatic N) is 1. The zero-order valence-electron chi connectivity index (χ0n) is 11.4. The Bertz CT molecular complexity index is 365. The van der Waals surface area contributed by atoms with Crippen LogP contribution in [-0.4, -0.2) is 31.1 Å². The molecule has 0 aromatic heterocycles. The van der Waals surface area contributed by atoms with Crippen LogP contribution in [0.5, 0.6) is 5.75 Å². The third-order valence-corrected chi connectivity index (χ3v) is 3.34. The van der Waals surface area contributed by atoms with Crippen LogP contribution in [0.3, 0.4) is 0 Å². The van der Waals surface area contributed by atoms with Crippen LogP contribution in [0, 0.1) is 0 Å². The van der Waals surface area contributed by atoms with Crippen molar-refractivity contribution in [3.8, 4) is 5.75 Å². The van der Waals surface area contributed by atoms with E-state index in [9.17, 15) is 0 Å². The number of ether oxygens (including phenoxy) is 1. The largest absolute Gasteiger partial charge is 0.491 e. The predicted molar refractivity (Wildman–Crippen MR) is 77.3 cm³/mol. The summed E-state index contributed by atoms with van der Waals surface area (Å²) in [6.07, 6.45) is 0. The Hall–Kier alpha value is -0.770. The zero-order valence-corrected chi connectivity index (χ0v) is 12.2. The lowest BCUT2D eigenvalue weighted by molar-refractivity contribution is 0.223. The summed E-state index contributed by atoms with van der Waals surface area (Å²) >= 11 is 6.16. The Labute approximate surface area is 115 Å². The average molecular weight is 271 g/mol. The summed E-state index contributed by atoms with van der Waals surface area (Å²) in [4.78, 5) is 2.31. The van der Waals surface area contributed by atoms with E-state index < -0.39 is 0 Å². The van der Waals surface area contributed by atoms with Crippen molar-refractivity contribution in [3.05, 3.63) is 28.8 Å². The molecule has 3 nitrogen and oxygen atoms in total. The quantitative estimate of drug-likeness (QED) is 0.828. The molecule has 18 heavy (non-hydrogen) atoms. The molecule has 0 aliphatic heterocycles. The molecule has 0 fully saturated rings. The standard InChI is InChI=1S/C14H23ClN2O/c1-4-17(5-2)8-9-18-14-7-6-12(11(3)16)10-13(14)15/h6-7,10-11H,4-5,8-9,16H2,1-3H3/t11-/m0/s1. The Kier molecular flexibility index (Phi) is 6.47. The van der Waals surface area contributed by atoms with Crippen molar-refractivity contribution in [2.75, 3.05) is 26.2 Å². The third kappa shape index (κ3) is 4.48. The van der Waals surface area contributed by atoms with Crippen molar-refractivity contribution >= 4 is 11.6 Å². The van der Waals surface area contributed by atoms with Gasteiger partial charge < -0.3 is 15.4 Å². The van der Waals surface area contributed by atoms with E-state index in [1.165, 1.54) is 0 Å². The Morgan fingerprint density at radius 1 is 1.33 bits per heavy atom. The Balaban J connectivity index is 2.53. The molecule has 0 radical (unpaired) electrons. The second-order valence-electron chi connectivity index (χ2n) is 4.35. The molecule has 0 aliphatic rings. The van der Waals surface area contributed by atoms with E-state index in [0.29, 0.717) is 11.6 Å². The molecular weight excluding hydrogens is 248 g/mol. The van der Waals surface area contributed by atoms with Crippen molar-refractivity contribution < 1.29 is 4.74 Å². The summed E-state index contributed by atoms with van der Waals surface area (Å²) in [7, 11) is 0. The highest BCUT2D eigenvalue weighted by Gasteiger charge is 2.06. The zero-order chi connectivity index (χ0) is 13.5. The van der Waals surface area contributed by atoms with Crippen molar-refractivity contribution in [3.63, 3.8) is 0 Å². The van der Waals surface area contributed by atoms with E-state index >= 15 is 0 Å². The molecule has 0 saturated carbocycles. The molecule has 0 aliphatic carbocycles. The summed E-state index contributed by atoms with van der Waals surface area (Å²) in [5, 5.41) is 0.629. The number of benzene rings is 1. The highest BCUT2D eigenvalue weighted by molar-refractivity contribution is 6.32. The van der Waals surface area contributed by atoms with Crippen LogP contribution in [0.25, 0.3) is 0 Å². The van der Waals surface area contributed by atoms with E-state index in [1.807, 2.05) is 25.1 Å². The Morgan fingerprint density at radius 2 is 2.00 bits per heavy atom. The summed E-state index contributed by atoms with van der Waals surface area (Å²) in [5.74, 6) is 0.730. The summed E-state index contributed by atoms with van der Waals surface area (Å²) in [5.41, 5.74) is 6.83. The van der Waals surface area contributed by atoms with E-state index in [-0.39, 0.29) is 6.04 Å². The molecule has 0 saturated heterocycles. The van der Waals surface area contributed by atoms with Gasteiger partial charge in [0.15, 0.2) is 0 Å². The third-order valence-electron chi connectivity index (χ3n) is 3.04. The van der Waals surface area contributed by atoms with Crippen molar-refractivity contribution in [2.45, 2.75) is 26.8 Å². The fourth-order valence-electron chi connectivity index (χ4n) is 1.74. The van der Waals surface area contributed by atoms with Crippen molar-refractivity contribution in [1.82, 2.24) is 4.90 Å². The molecular formula is C14H23ClN2O. The van der Waals surface area contributed by atoms with Crippen LogP contribution in [0.1, 0.15) is 32.4 Å². The second-order valence-corrected chi connectivity index (χ2v) is 4.76. The predicted octanol–water partition coefficient (Wildman–Crippen LogP) is 3.08. The lowest BCUT2D eigenvalue weighted by Gasteiger charge is -2.18. The van der Waals surface area contributed by atoms with Gasteiger partial charge in [-0.05, 0) is 37.7 Å². The average Bonchev–Trinajstić information content (AvgIpc) is 2.36. The van der Waals surface area contributed by atoms with Gasteiger partial charge in [0.2, 0.25) is 0 Å². The van der Waals surface area contributed by atoms with E-state index in [2.05, 4.69) is 18.7 Å². The molecule has 0 amide bonds. The molecule has 102 valence electrons. The number of nitrogens with two attached hydrogens (primary N) is 1. The maximum atomic E-state index is 6.16. The van der Waals surface area contributed by atoms with Gasteiger partial charge >= 0.3 is 0 Å². The molecule has 0 bridgehead atoms. The van der Waals surface area contributed by atoms with E-state index in [1.54, 1.807) is 0 Å². The van der Waals surface area contributed by atoms with Crippen LogP contribution in [0.15, 0.2) is 18.2 Å². The summed E-state index contributed by atoms with van der Waals surface area (Å²) in [6, 6.07) is 5.72. The monoisotopic (exact) mass is 270 g/mol. The van der Waals surface area contributed by atoms with Crippen molar-refractivity contribution in [1.29, 1.82) is 0 Å². The first kappa shape index (κ1) is 15.3. The van der Waals surface area contributed by atoms with Crippen LogP contribution in [-0.2, 0) is 0 Å². The molecule has 2 N–H and O–H groups in total. The number of likely N-dealkylation sites (N-methyl/N-ethyl adjacent to an activating group) is 1. The minimum Gasteiger partial charge on any atom is -0.491 e. The second kappa shape index (κ2) is 7.62. The van der Waals surface area contributed by atoms with E-state index in [0.717, 1.165) is 30.9 Å². The van der Waals surface area contributed by atoms with Crippen LogP contribution in [0.4, 0.5) is 0 Å². The van der Waals surface area contributed by atoms with Gasteiger partial charge in [0.25, 0.3) is 0 Å².